The lowest BCUT2D eigenvalue weighted by Gasteiger charge is -2.12. The molecular weight excluding hydrogens is 361 g/mol. The topological polar surface area (TPSA) is 17.8 Å². The molecule has 0 fully saturated rings. The number of nitrogens with zero attached hydrogens (tertiary/aromatic N) is 2. The van der Waals surface area contributed by atoms with Crippen LogP contribution in [0.1, 0.15) is 22.3 Å². The Labute approximate surface area is 161 Å². The molecule has 0 aliphatic rings. The Morgan fingerprint density at radius 3 is 2.32 bits per heavy atom. The molecule has 1 aromatic heterocycles. The number of fused-ring (bicyclic) bond motifs is 1. The van der Waals surface area contributed by atoms with Crippen LogP contribution in [-0.4, -0.2) is 9.55 Å². The van der Waals surface area contributed by atoms with E-state index in [-0.39, 0.29) is 0 Å². The van der Waals surface area contributed by atoms with Gasteiger partial charge in [-0.2, -0.15) is 13.2 Å². The van der Waals surface area contributed by atoms with Gasteiger partial charge in [-0.1, -0.05) is 54.1 Å². The number of rotatable bonds is 3. The second-order valence-corrected chi connectivity index (χ2v) is 7.03. The van der Waals surface area contributed by atoms with E-state index in [9.17, 15) is 13.2 Å². The van der Waals surface area contributed by atoms with E-state index < -0.39 is 11.7 Å². The van der Waals surface area contributed by atoms with Crippen molar-refractivity contribution in [3.63, 3.8) is 0 Å². The quantitative estimate of drug-likeness (QED) is 0.403. The van der Waals surface area contributed by atoms with Gasteiger partial charge >= 0.3 is 6.18 Å². The van der Waals surface area contributed by atoms with E-state index in [1.807, 2.05) is 60.9 Å². The normalized spacial score (nSPS) is 11.9. The molecule has 0 unspecified atom stereocenters. The van der Waals surface area contributed by atoms with Crippen molar-refractivity contribution >= 4 is 11.0 Å². The van der Waals surface area contributed by atoms with Gasteiger partial charge in [-0.05, 0) is 43.2 Å². The molecule has 4 aromatic rings. The standard InChI is InChI=1S/C23H19F3N2/c1-15-8-10-19(16(2)12-15)22-27-20-13-18(23(24,25)26)9-11-21(20)28(22)14-17-6-4-3-5-7-17/h3-13H,14H2,1-2H3. The van der Waals surface area contributed by atoms with Crippen molar-refractivity contribution < 1.29 is 13.2 Å². The van der Waals surface area contributed by atoms with Crippen LogP contribution >= 0.6 is 0 Å². The van der Waals surface area contributed by atoms with Gasteiger partial charge in [-0.15, -0.1) is 0 Å². The third-order valence-corrected chi connectivity index (χ3v) is 4.88. The highest BCUT2D eigenvalue weighted by Crippen LogP contribution is 2.34. The lowest BCUT2D eigenvalue weighted by Crippen LogP contribution is -2.05. The maximum atomic E-state index is 13.2. The Balaban J connectivity index is 1.94. The predicted molar refractivity (Wildman–Crippen MR) is 105 cm³/mol. The first kappa shape index (κ1) is 18.3. The first-order chi connectivity index (χ1) is 13.3. The maximum Gasteiger partial charge on any atom is 0.416 e. The van der Waals surface area contributed by atoms with Crippen molar-refractivity contribution in [2.75, 3.05) is 0 Å². The van der Waals surface area contributed by atoms with Gasteiger partial charge in [0.1, 0.15) is 5.82 Å². The number of imidazole rings is 1. The molecule has 1 heterocycles. The monoisotopic (exact) mass is 380 g/mol. The highest BCUT2D eigenvalue weighted by Gasteiger charge is 2.31. The Kier molecular flexibility index (Phi) is 4.46. The SMILES string of the molecule is Cc1ccc(-c2nc3cc(C(F)(F)F)ccc3n2Cc2ccccc2)c(C)c1. The van der Waals surface area contributed by atoms with E-state index in [0.29, 0.717) is 23.4 Å². The summed E-state index contributed by atoms with van der Waals surface area (Å²) in [7, 11) is 0. The fraction of sp³-hybridized carbons (Fsp3) is 0.174. The fourth-order valence-electron chi connectivity index (χ4n) is 3.50. The minimum Gasteiger partial charge on any atom is -0.319 e. The molecule has 0 N–H and O–H groups in total. The fourth-order valence-corrected chi connectivity index (χ4v) is 3.50. The minimum atomic E-state index is -4.39. The molecule has 2 nitrogen and oxygen atoms in total. The molecule has 4 rings (SSSR count). The number of aromatic nitrogens is 2. The van der Waals surface area contributed by atoms with Crippen molar-refractivity contribution in [3.8, 4) is 11.4 Å². The molecule has 0 bridgehead atoms. The van der Waals surface area contributed by atoms with E-state index in [2.05, 4.69) is 11.1 Å². The van der Waals surface area contributed by atoms with E-state index >= 15 is 0 Å². The van der Waals surface area contributed by atoms with Crippen molar-refractivity contribution in [1.82, 2.24) is 9.55 Å². The molecule has 0 aliphatic heterocycles. The molecule has 0 amide bonds. The summed E-state index contributed by atoms with van der Waals surface area (Å²) < 4.78 is 41.5. The molecule has 0 atom stereocenters. The number of hydrogen-bond acceptors (Lipinski definition) is 1. The van der Waals surface area contributed by atoms with Gasteiger partial charge in [0, 0.05) is 12.1 Å². The summed E-state index contributed by atoms with van der Waals surface area (Å²) in [4.78, 5) is 4.61. The maximum absolute atomic E-state index is 13.2. The van der Waals surface area contributed by atoms with Crippen molar-refractivity contribution in [2.45, 2.75) is 26.6 Å². The van der Waals surface area contributed by atoms with Gasteiger partial charge in [0.2, 0.25) is 0 Å². The predicted octanol–water partition coefficient (Wildman–Crippen LogP) is 6.39. The lowest BCUT2D eigenvalue weighted by atomic mass is 10.1. The van der Waals surface area contributed by atoms with E-state index in [1.165, 1.54) is 6.07 Å². The van der Waals surface area contributed by atoms with Crippen LogP contribution in [0.15, 0.2) is 66.7 Å². The number of halogens is 3. The number of hydrogen-bond donors (Lipinski definition) is 0. The molecule has 5 heteroatoms. The van der Waals surface area contributed by atoms with Crippen LogP contribution < -0.4 is 0 Å². The van der Waals surface area contributed by atoms with Gasteiger partial charge in [-0.3, -0.25) is 0 Å². The largest absolute Gasteiger partial charge is 0.416 e. The molecule has 0 spiro atoms. The molecule has 0 saturated carbocycles. The summed E-state index contributed by atoms with van der Waals surface area (Å²) in [6.07, 6.45) is -4.39. The zero-order chi connectivity index (χ0) is 19.9. The first-order valence-electron chi connectivity index (χ1n) is 9.02. The highest BCUT2D eigenvalue weighted by molar-refractivity contribution is 5.82. The third-order valence-electron chi connectivity index (χ3n) is 4.88. The summed E-state index contributed by atoms with van der Waals surface area (Å²) in [5.41, 5.74) is 4.51. The van der Waals surface area contributed by atoms with E-state index in [1.54, 1.807) is 0 Å². The summed E-state index contributed by atoms with van der Waals surface area (Å²) >= 11 is 0. The summed E-state index contributed by atoms with van der Waals surface area (Å²) in [5, 5.41) is 0. The van der Waals surface area contributed by atoms with Gasteiger partial charge in [-0.25, -0.2) is 4.98 Å². The van der Waals surface area contributed by atoms with Crippen LogP contribution in [0.2, 0.25) is 0 Å². The van der Waals surface area contributed by atoms with Crippen LogP contribution in [0.4, 0.5) is 13.2 Å². The van der Waals surface area contributed by atoms with Crippen LogP contribution in [-0.2, 0) is 12.7 Å². The van der Waals surface area contributed by atoms with Crippen molar-refractivity contribution in [1.29, 1.82) is 0 Å². The number of alkyl halides is 3. The number of aryl methyl sites for hydroxylation is 2. The van der Waals surface area contributed by atoms with Gasteiger partial charge in [0.25, 0.3) is 0 Å². The Morgan fingerprint density at radius 2 is 1.64 bits per heavy atom. The molecular formula is C23H19F3N2. The van der Waals surface area contributed by atoms with Crippen molar-refractivity contribution in [3.05, 3.63) is 89.0 Å². The molecule has 0 aliphatic carbocycles. The second-order valence-electron chi connectivity index (χ2n) is 7.03. The Hall–Kier alpha value is -3.08. The van der Waals surface area contributed by atoms with Gasteiger partial charge in [0.15, 0.2) is 0 Å². The molecule has 3 aromatic carbocycles. The molecule has 0 radical (unpaired) electrons. The number of benzene rings is 3. The second kappa shape index (κ2) is 6.82. The summed E-state index contributed by atoms with van der Waals surface area (Å²) in [6, 6.07) is 19.7. The highest BCUT2D eigenvalue weighted by atomic mass is 19.4. The third kappa shape index (κ3) is 3.40. The summed E-state index contributed by atoms with van der Waals surface area (Å²) in [6.45, 7) is 4.54. The van der Waals surface area contributed by atoms with Gasteiger partial charge in [0.05, 0.1) is 16.6 Å². The zero-order valence-corrected chi connectivity index (χ0v) is 15.6. The first-order valence-corrected chi connectivity index (χ1v) is 9.02. The molecule has 142 valence electrons. The van der Waals surface area contributed by atoms with Crippen molar-refractivity contribution in [2.24, 2.45) is 0 Å². The average Bonchev–Trinajstić information content (AvgIpc) is 2.99. The smallest absolute Gasteiger partial charge is 0.319 e. The van der Waals surface area contributed by atoms with Crippen LogP contribution in [0.25, 0.3) is 22.4 Å². The van der Waals surface area contributed by atoms with Crippen LogP contribution in [0.5, 0.6) is 0 Å². The molecule has 28 heavy (non-hydrogen) atoms. The van der Waals surface area contributed by atoms with E-state index in [0.717, 1.165) is 34.4 Å². The minimum absolute atomic E-state index is 0.348. The Morgan fingerprint density at radius 1 is 0.893 bits per heavy atom. The van der Waals surface area contributed by atoms with E-state index in [4.69, 9.17) is 0 Å². The zero-order valence-electron chi connectivity index (χ0n) is 15.6. The molecule has 0 saturated heterocycles. The Bertz CT molecular complexity index is 1140. The lowest BCUT2D eigenvalue weighted by molar-refractivity contribution is -0.137. The van der Waals surface area contributed by atoms with Crippen LogP contribution in [0, 0.1) is 13.8 Å². The average molecular weight is 380 g/mol. The van der Waals surface area contributed by atoms with Gasteiger partial charge < -0.3 is 4.57 Å². The summed E-state index contributed by atoms with van der Waals surface area (Å²) in [5.74, 6) is 0.677. The van der Waals surface area contributed by atoms with Crippen LogP contribution in [0.3, 0.4) is 0 Å².